The van der Waals surface area contributed by atoms with Crippen LogP contribution < -0.4 is 0 Å². The molecular formula is C63H39N5O. The molecule has 6 nitrogen and oxygen atoms in total. The van der Waals surface area contributed by atoms with E-state index in [1.807, 2.05) is 12.1 Å². The third kappa shape index (κ3) is 6.16. The highest BCUT2D eigenvalue weighted by Gasteiger charge is 2.25. The zero-order chi connectivity index (χ0) is 45.4. The Hall–Kier alpha value is -9.39. The first-order valence-corrected chi connectivity index (χ1v) is 23.3. The lowest BCUT2D eigenvalue weighted by Crippen LogP contribution is -2.04. The van der Waals surface area contributed by atoms with Crippen LogP contribution in [0.1, 0.15) is 0 Å². The summed E-state index contributed by atoms with van der Waals surface area (Å²) in [5.41, 5.74) is 15.0. The van der Waals surface area contributed by atoms with Crippen LogP contribution in [-0.2, 0) is 0 Å². The summed E-state index contributed by atoms with van der Waals surface area (Å²) in [6.07, 6.45) is 0. The van der Waals surface area contributed by atoms with Gasteiger partial charge in [0.1, 0.15) is 0 Å². The largest absolute Gasteiger partial charge is 0.452 e. The van der Waals surface area contributed by atoms with E-state index in [1.165, 1.54) is 5.39 Å². The standard InChI is InChI=1S/C63H39N5O/c1-4-18-40(19-5-1)41-32-34-43(35-33-41)61-64-62(52-27-11-10-24-45(52)42-20-6-2-7-21-42)66-63(65-61)53-28-14-17-31-56(53)68-55-30-16-13-26-47(55)49-37-39-51-50-38-36-48-46-25-12-15-29-54(46)67(44-22-8-3-9-23-44)57(48)59(50)69-60(51)58(49)68/h1-39H. The predicted molar refractivity (Wildman–Crippen MR) is 283 cm³/mol. The molecule has 0 saturated heterocycles. The molecule has 0 N–H and O–H groups in total. The summed E-state index contributed by atoms with van der Waals surface area (Å²) in [6, 6.07) is 83.0. The topological polar surface area (TPSA) is 61.7 Å². The molecule has 0 fully saturated rings. The third-order valence-electron chi connectivity index (χ3n) is 13.6. The highest BCUT2D eigenvalue weighted by atomic mass is 16.3. The van der Waals surface area contributed by atoms with E-state index in [0.717, 1.165) is 110 Å². The summed E-state index contributed by atoms with van der Waals surface area (Å²) in [5.74, 6) is 1.75. The molecule has 0 unspecified atom stereocenters. The number of furan rings is 1. The lowest BCUT2D eigenvalue weighted by Gasteiger charge is -2.15. The summed E-state index contributed by atoms with van der Waals surface area (Å²) in [4.78, 5) is 16.0. The molecule has 0 atom stereocenters. The minimum atomic E-state index is 0.567. The fourth-order valence-corrected chi connectivity index (χ4v) is 10.5. The molecular weight excluding hydrogens is 843 g/mol. The van der Waals surface area contributed by atoms with E-state index in [0.29, 0.717) is 17.5 Å². The van der Waals surface area contributed by atoms with Crippen LogP contribution in [0.4, 0.5) is 0 Å². The van der Waals surface area contributed by atoms with E-state index in [-0.39, 0.29) is 0 Å². The van der Waals surface area contributed by atoms with Crippen molar-refractivity contribution >= 4 is 65.6 Å². The molecule has 4 heterocycles. The maximum absolute atomic E-state index is 7.38. The molecule has 0 aliphatic carbocycles. The van der Waals surface area contributed by atoms with Gasteiger partial charge in [-0.1, -0.05) is 188 Å². The van der Waals surface area contributed by atoms with Crippen LogP contribution in [0.5, 0.6) is 0 Å². The molecule has 0 radical (unpaired) electrons. The van der Waals surface area contributed by atoms with Crippen molar-refractivity contribution in [1.29, 1.82) is 0 Å². The molecule has 0 aliphatic heterocycles. The fourth-order valence-electron chi connectivity index (χ4n) is 10.5. The summed E-state index contributed by atoms with van der Waals surface area (Å²) in [5, 5.41) is 6.66. The van der Waals surface area contributed by atoms with Gasteiger partial charge in [0, 0.05) is 54.7 Å². The van der Waals surface area contributed by atoms with Crippen molar-refractivity contribution in [3.05, 3.63) is 237 Å². The Morgan fingerprint density at radius 2 is 0.710 bits per heavy atom. The van der Waals surface area contributed by atoms with Gasteiger partial charge < -0.3 is 13.6 Å². The minimum Gasteiger partial charge on any atom is -0.452 e. The summed E-state index contributed by atoms with van der Waals surface area (Å²) < 4.78 is 12.1. The highest BCUT2D eigenvalue weighted by molar-refractivity contribution is 6.26. The van der Waals surface area contributed by atoms with Gasteiger partial charge in [0.25, 0.3) is 0 Å². The van der Waals surface area contributed by atoms with Crippen LogP contribution in [0.15, 0.2) is 241 Å². The summed E-state index contributed by atoms with van der Waals surface area (Å²) >= 11 is 0. The molecule has 69 heavy (non-hydrogen) atoms. The van der Waals surface area contributed by atoms with Crippen LogP contribution >= 0.6 is 0 Å². The molecule has 6 heteroatoms. The van der Waals surface area contributed by atoms with Crippen molar-refractivity contribution in [3.8, 4) is 67.8 Å². The molecule has 0 bridgehead atoms. The first-order chi connectivity index (χ1) is 34.2. The van der Waals surface area contributed by atoms with E-state index in [4.69, 9.17) is 19.4 Å². The Kier molecular flexibility index (Phi) is 8.79. The van der Waals surface area contributed by atoms with Crippen molar-refractivity contribution in [2.24, 2.45) is 0 Å². The van der Waals surface area contributed by atoms with Crippen LogP contribution in [0.3, 0.4) is 0 Å². The van der Waals surface area contributed by atoms with Crippen LogP contribution in [0.2, 0.25) is 0 Å². The monoisotopic (exact) mass is 881 g/mol. The Balaban J connectivity index is 1.03. The molecule has 14 rings (SSSR count). The van der Waals surface area contributed by atoms with Crippen molar-refractivity contribution in [2.75, 3.05) is 0 Å². The Morgan fingerprint density at radius 3 is 1.36 bits per heavy atom. The van der Waals surface area contributed by atoms with E-state index < -0.39 is 0 Å². The van der Waals surface area contributed by atoms with E-state index in [1.54, 1.807) is 0 Å². The van der Waals surface area contributed by atoms with E-state index in [2.05, 4.69) is 234 Å². The highest BCUT2D eigenvalue weighted by Crippen LogP contribution is 2.45. The number of hydrogen-bond acceptors (Lipinski definition) is 4. The minimum absolute atomic E-state index is 0.567. The quantitative estimate of drug-likeness (QED) is 0.160. The molecule has 0 aliphatic rings. The average molecular weight is 882 g/mol. The van der Waals surface area contributed by atoms with Gasteiger partial charge in [-0.25, -0.2) is 15.0 Å². The van der Waals surface area contributed by atoms with Gasteiger partial charge in [-0.05, 0) is 70.8 Å². The number of nitrogens with zero attached hydrogens (tertiary/aromatic N) is 5. The fraction of sp³-hybridized carbons (Fsp3) is 0. The maximum atomic E-state index is 7.38. The number of aromatic nitrogens is 5. The second-order valence-corrected chi connectivity index (χ2v) is 17.5. The first kappa shape index (κ1) is 38.8. The first-order valence-electron chi connectivity index (χ1n) is 23.3. The summed E-state index contributed by atoms with van der Waals surface area (Å²) in [7, 11) is 0. The van der Waals surface area contributed by atoms with Crippen LogP contribution in [0, 0.1) is 0 Å². The van der Waals surface area contributed by atoms with Crippen LogP contribution in [-0.4, -0.2) is 24.1 Å². The Labute approximate surface area is 396 Å². The smallest absolute Gasteiger partial charge is 0.166 e. The molecule has 0 spiro atoms. The number of benzene rings is 10. The zero-order valence-electron chi connectivity index (χ0n) is 37.2. The molecule has 14 aromatic rings. The SMILES string of the molecule is c1ccc(-c2ccc(-c3nc(-c4ccccc4-c4ccccc4)nc(-c4ccccc4-n4c5ccccc5c5ccc6c7ccc8c9ccccc9n(-c9ccccc9)c8c7oc6c54)n3)cc2)cc1. The third-order valence-corrected chi connectivity index (χ3v) is 13.6. The van der Waals surface area contributed by atoms with Crippen molar-refractivity contribution in [2.45, 2.75) is 0 Å². The van der Waals surface area contributed by atoms with Crippen molar-refractivity contribution in [3.63, 3.8) is 0 Å². The lowest BCUT2D eigenvalue weighted by atomic mass is 9.99. The van der Waals surface area contributed by atoms with Gasteiger partial charge in [0.2, 0.25) is 0 Å². The van der Waals surface area contributed by atoms with Gasteiger partial charge in [-0.3, -0.25) is 0 Å². The van der Waals surface area contributed by atoms with Gasteiger partial charge in [0.05, 0.1) is 27.8 Å². The number of rotatable bonds is 7. The van der Waals surface area contributed by atoms with E-state index in [9.17, 15) is 0 Å². The molecule has 0 amide bonds. The molecule has 4 aromatic heterocycles. The Morgan fingerprint density at radius 1 is 0.275 bits per heavy atom. The van der Waals surface area contributed by atoms with Gasteiger partial charge >= 0.3 is 0 Å². The number of para-hydroxylation sites is 4. The summed E-state index contributed by atoms with van der Waals surface area (Å²) in [6.45, 7) is 0. The van der Waals surface area contributed by atoms with Crippen molar-refractivity contribution < 1.29 is 4.42 Å². The van der Waals surface area contributed by atoms with Crippen LogP contribution in [0.25, 0.3) is 133 Å². The number of hydrogen-bond donors (Lipinski definition) is 0. The van der Waals surface area contributed by atoms with Crippen molar-refractivity contribution in [1.82, 2.24) is 24.1 Å². The molecule has 0 saturated carbocycles. The normalized spacial score (nSPS) is 11.8. The lowest BCUT2D eigenvalue weighted by molar-refractivity contribution is 0.673. The second-order valence-electron chi connectivity index (χ2n) is 17.5. The maximum Gasteiger partial charge on any atom is 0.166 e. The van der Waals surface area contributed by atoms with Gasteiger partial charge in [-0.2, -0.15) is 0 Å². The number of fused-ring (bicyclic) bond motifs is 11. The second kappa shape index (κ2) is 15.6. The predicted octanol–water partition coefficient (Wildman–Crippen LogP) is 16.3. The zero-order valence-corrected chi connectivity index (χ0v) is 37.2. The average Bonchev–Trinajstić information content (AvgIpc) is 4.10. The van der Waals surface area contributed by atoms with Gasteiger partial charge in [-0.15, -0.1) is 0 Å². The van der Waals surface area contributed by atoms with E-state index >= 15 is 0 Å². The van der Waals surface area contributed by atoms with Gasteiger partial charge in [0.15, 0.2) is 28.6 Å². The molecule has 10 aromatic carbocycles. The Bertz CT molecular complexity index is 4280. The molecule has 322 valence electrons.